The summed E-state index contributed by atoms with van der Waals surface area (Å²) in [5.74, 6) is -0.0907. The van der Waals surface area contributed by atoms with Crippen LogP contribution in [0.3, 0.4) is 0 Å². The van der Waals surface area contributed by atoms with Crippen LogP contribution in [0.25, 0.3) is 10.9 Å². The zero-order chi connectivity index (χ0) is 15.3. The summed E-state index contributed by atoms with van der Waals surface area (Å²) in [5, 5.41) is 10.3. The van der Waals surface area contributed by atoms with E-state index >= 15 is 0 Å². The van der Waals surface area contributed by atoms with Crippen molar-refractivity contribution >= 4 is 16.9 Å². The van der Waals surface area contributed by atoms with Gasteiger partial charge in [-0.3, -0.25) is 0 Å². The molecule has 2 aliphatic rings. The second-order valence-electron chi connectivity index (χ2n) is 6.48. The Hall–Kier alpha value is -2.01. The topological polar surface area (TPSA) is 65.6 Å². The molecule has 4 rings (SSSR count). The Morgan fingerprint density at radius 1 is 1.32 bits per heavy atom. The maximum atomic E-state index is 12.5. The number of fused-ring (bicyclic) bond motifs is 3. The maximum absolute atomic E-state index is 12.5. The third-order valence-electron chi connectivity index (χ3n) is 5.21. The van der Waals surface area contributed by atoms with Crippen LogP contribution in [0.1, 0.15) is 36.0 Å². The highest BCUT2D eigenvalue weighted by molar-refractivity contribution is 6.04. The van der Waals surface area contributed by atoms with Crippen molar-refractivity contribution in [3.8, 4) is 5.75 Å². The third-order valence-corrected chi connectivity index (χ3v) is 5.21. The maximum Gasteiger partial charge on any atom is 0.340 e. The van der Waals surface area contributed by atoms with Gasteiger partial charge >= 0.3 is 5.97 Å². The molecule has 1 aromatic heterocycles. The molecular formula is C17H20N2O3. The van der Waals surface area contributed by atoms with Crippen LogP contribution in [0.15, 0.2) is 24.4 Å². The lowest BCUT2D eigenvalue weighted by Crippen LogP contribution is -2.43. The van der Waals surface area contributed by atoms with E-state index in [0.29, 0.717) is 17.6 Å². The second kappa shape index (κ2) is 5.02. The molecule has 2 saturated heterocycles. The highest BCUT2D eigenvalue weighted by Gasteiger charge is 2.40. The fourth-order valence-corrected chi connectivity index (χ4v) is 3.96. The molecule has 2 aromatic rings. The van der Waals surface area contributed by atoms with Crippen LogP contribution in [-0.4, -0.2) is 46.2 Å². The number of H-pyrrole nitrogens is 1. The quantitative estimate of drug-likeness (QED) is 0.837. The summed E-state index contributed by atoms with van der Waals surface area (Å²) in [4.78, 5) is 17.9. The van der Waals surface area contributed by atoms with Gasteiger partial charge in [0.25, 0.3) is 0 Å². The molecular weight excluding hydrogens is 280 g/mol. The van der Waals surface area contributed by atoms with Crippen LogP contribution in [0.5, 0.6) is 5.75 Å². The number of rotatable bonds is 2. The van der Waals surface area contributed by atoms with Crippen LogP contribution in [-0.2, 0) is 4.74 Å². The fraction of sp³-hybridized carbons (Fsp3) is 0.471. The lowest BCUT2D eigenvalue weighted by Gasteiger charge is -2.35. The standard InChI is InChI=1S/C17H20N2O3/c1-19-10-2-3-11(19)7-13(6-10)22-17(21)15-9-18-16-8-12(20)4-5-14(15)16/h4-5,8-11,13,18,20H,2-3,6-7H2,1H3/t10-,11+,13?. The van der Waals surface area contributed by atoms with Gasteiger partial charge in [0.05, 0.1) is 5.56 Å². The highest BCUT2D eigenvalue weighted by atomic mass is 16.5. The number of hydrogen-bond acceptors (Lipinski definition) is 4. The molecule has 22 heavy (non-hydrogen) atoms. The van der Waals surface area contributed by atoms with E-state index in [0.717, 1.165) is 23.7 Å². The zero-order valence-electron chi connectivity index (χ0n) is 12.6. The van der Waals surface area contributed by atoms with Gasteiger partial charge in [0.2, 0.25) is 0 Å². The van der Waals surface area contributed by atoms with Crippen molar-refractivity contribution in [2.45, 2.75) is 43.9 Å². The van der Waals surface area contributed by atoms with Crippen molar-refractivity contribution in [2.75, 3.05) is 7.05 Å². The summed E-state index contributed by atoms with van der Waals surface area (Å²) in [6, 6.07) is 6.05. The van der Waals surface area contributed by atoms with Crippen LogP contribution >= 0.6 is 0 Å². The number of esters is 1. The van der Waals surface area contributed by atoms with E-state index in [1.807, 2.05) is 0 Å². The Bertz CT molecular complexity index is 710. The van der Waals surface area contributed by atoms with Gasteiger partial charge in [-0.05, 0) is 32.0 Å². The lowest BCUT2D eigenvalue weighted by molar-refractivity contribution is -0.000260. The molecule has 1 aromatic carbocycles. The number of ether oxygens (including phenoxy) is 1. The van der Waals surface area contributed by atoms with Gasteiger partial charge in [-0.2, -0.15) is 0 Å². The van der Waals surface area contributed by atoms with Crippen molar-refractivity contribution in [3.63, 3.8) is 0 Å². The number of carbonyl (C=O) groups excluding carboxylic acids is 1. The number of aromatic nitrogens is 1. The summed E-state index contributed by atoms with van der Waals surface area (Å²) < 4.78 is 5.76. The number of benzene rings is 1. The molecule has 116 valence electrons. The van der Waals surface area contributed by atoms with Crippen LogP contribution in [0.4, 0.5) is 0 Å². The number of nitrogens with zero attached hydrogens (tertiary/aromatic N) is 1. The van der Waals surface area contributed by atoms with Gasteiger partial charge < -0.3 is 19.7 Å². The molecule has 3 heterocycles. The van der Waals surface area contributed by atoms with Crippen molar-refractivity contribution < 1.29 is 14.6 Å². The summed E-state index contributed by atoms with van der Waals surface area (Å²) in [5.41, 5.74) is 1.29. The van der Waals surface area contributed by atoms with Crippen LogP contribution in [0, 0.1) is 0 Å². The highest BCUT2D eigenvalue weighted by Crippen LogP contribution is 2.36. The molecule has 0 spiro atoms. The predicted molar refractivity (Wildman–Crippen MR) is 83.0 cm³/mol. The first-order valence-corrected chi connectivity index (χ1v) is 7.85. The van der Waals surface area contributed by atoms with Gasteiger partial charge in [-0.15, -0.1) is 0 Å². The average molecular weight is 300 g/mol. The molecule has 3 atom stereocenters. The summed E-state index contributed by atoms with van der Waals surface area (Å²) in [7, 11) is 2.17. The number of hydrogen-bond donors (Lipinski definition) is 2. The first-order valence-electron chi connectivity index (χ1n) is 7.85. The van der Waals surface area contributed by atoms with E-state index < -0.39 is 0 Å². The fourth-order valence-electron chi connectivity index (χ4n) is 3.96. The number of carbonyl (C=O) groups is 1. The average Bonchev–Trinajstić information content (AvgIpc) is 2.97. The molecule has 0 amide bonds. The third kappa shape index (κ3) is 2.16. The molecule has 2 N–H and O–H groups in total. The van der Waals surface area contributed by atoms with Gasteiger partial charge in [0.15, 0.2) is 0 Å². The molecule has 5 heteroatoms. The Labute approximate surface area is 128 Å². The normalized spacial score (nSPS) is 28.1. The van der Waals surface area contributed by atoms with Gasteiger partial charge in [0, 0.05) is 48.1 Å². The van der Waals surface area contributed by atoms with Crippen LogP contribution in [0.2, 0.25) is 0 Å². The van der Waals surface area contributed by atoms with Gasteiger partial charge in [-0.1, -0.05) is 0 Å². The molecule has 2 fully saturated rings. The second-order valence-corrected chi connectivity index (χ2v) is 6.48. The molecule has 0 aliphatic carbocycles. The lowest BCUT2D eigenvalue weighted by atomic mass is 10.0. The van der Waals surface area contributed by atoms with Crippen LogP contribution < -0.4 is 0 Å². The number of nitrogens with one attached hydrogen (secondary N) is 1. The minimum absolute atomic E-state index is 0.0169. The van der Waals surface area contributed by atoms with E-state index in [9.17, 15) is 9.90 Å². The minimum atomic E-state index is -0.272. The Morgan fingerprint density at radius 3 is 2.77 bits per heavy atom. The predicted octanol–water partition coefficient (Wildman–Crippen LogP) is 2.66. The van der Waals surface area contributed by atoms with Crippen molar-refractivity contribution in [3.05, 3.63) is 30.0 Å². The molecule has 2 bridgehead atoms. The number of aromatic amines is 1. The first-order chi connectivity index (χ1) is 10.6. The van der Waals surface area contributed by atoms with Gasteiger partial charge in [-0.25, -0.2) is 4.79 Å². The van der Waals surface area contributed by atoms with E-state index in [1.54, 1.807) is 24.4 Å². The molecule has 5 nitrogen and oxygen atoms in total. The van der Waals surface area contributed by atoms with Crippen molar-refractivity contribution in [1.82, 2.24) is 9.88 Å². The van der Waals surface area contributed by atoms with Crippen molar-refractivity contribution in [2.24, 2.45) is 0 Å². The van der Waals surface area contributed by atoms with E-state index in [-0.39, 0.29) is 17.8 Å². The van der Waals surface area contributed by atoms with E-state index in [4.69, 9.17) is 4.74 Å². The molecule has 0 saturated carbocycles. The minimum Gasteiger partial charge on any atom is -0.508 e. The number of aromatic hydroxyl groups is 1. The molecule has 0 radical (unpaired) electrons. The number of piperidine rings is 1. The monoisotopic (exact) mass is 300 g/mol. The Balaban J connectivity index is 1.52. The zero-order valence-corrected chi connectivity index (χ0v) is 12.6. The summed E-state index contributed by atoms with van der Waals surface area (Å²) >= 11 is 0. The summed E-state index contributed by atoms with van der Waals surface area (Å²) in [6.45, 7) is 0. The van der Waals surface area contributed by atoms with Crippen molar-refractivity contribution in [1.29, 1.82) is 0 Å². The Morgan fingerprint density at radius 2 is 2.05 bits per heavy atom. The van der Waals surface area contributed by atoms with E-state index in [1.165, 1.54) is 12.8 Å². The number of phenols is 1. The first kappa shape index (κ1) is 13.6. The molecule has 2 aliphatic heterocycles. The number of phenolic OH excluding ortho intramolecular Hbond substituents is 1. The SMILES string of the molecule is CN1[C@@H]2CC[C@H]1CC(OC(=O)c1c[nH]c3cc(O)ccc13)C2. The smallest absolute Gasteiger partial charge is 0.340 e. The van der Waals surface area contributed by atoms with Gasteiger partial charge in [0.1, 0.15) is 11.9 Å². The largest absolute Gasteiger partial charge is 0.508 e. The van der Waals surface area contributed by atoms with E-state index in [2.05, 4.69) is 16.9 Å². The Kier molecular flexibility index (Phi) is 3.11. The molecule has 1 unspecified atom stereocenters. The summed E-state index contributed by atoms with van der Waals surface area (Å²) in [6.07, 6.45) is 5.96.